The second kappa shape index (κ2) is 5.65. The van der Waals surface area contributed by atoms with Crippen LogP contribution >= 0.6 is 11.3 Å². The molecule has 0 aliphatic heterocycles. The largest absolute Gasteiger partial charge is 0.394 e. The lowest BCUT2D eigenvalue weighted by atomic mass is 9.99. The highest BCUT2D eigenvalue weighted by molar-refractivity contribution is 7.14. The second-order valence-electron chi connectivity index (χ2n) is 4.53. The van der Waals surface area contributed by atoms with Crippen LogP contribution in [0.15, 0.2) is 6.07 Å². The molecule has 1 aromatic rings. The third-order valence-electron chi connectivity index (χ3n) is 3.27. The highest BCUT2D eigenvalue weighted by Crippen LogP contribution is 2.29. The summed E-state index contributed by atoms with van der Waals surface area (Å²) in [7, 11) is 0. The van der Waals surface area contributed by atoms with Gasteiger partial charge in [0, 0.05) is 4.88 Å². The number of carbonyl (C=O) groups is 1. The van der Waals surface area contributed by atoms with Gasteiger partial charge in [0.2, 0.25) is 0 Å². The molecule has 0 aromatic carbocycles. The maximum absolute atomic E-state index is 12.0. The lowest BCUT2D eigenvalue weighted by Crippen LogP contribution is -2.36. The van der Waals surface area contributed by atoms with Crippen LogP contribution in [-0.4, -0.2) is 23.7 Å². The maximum Gasteiger partial charge on any atom is 0.261 e. The predicted octanol–water partition coefficient (Wildman–Crippen LogP) is 2.13. The van der Waals surface area contributed by atoms with Crippen LogP contribution in [-0.2, 0) is 12.8 Å². The monoisotopic (exact) mass is 253 g/mol. The Bertz CT molecular complexity index is 373. The van der Waals surface area contributed by atoms with Gasteiger partial charge in [0.1, 0.15) is 0 Å². The fourth-order valence-electron chi connectivity index (χ4n) is 2.14. The van der Waals surface area contributed by atoms with E-state index in [0.29, 0.717) is 0 Å². The molecular weight excluding hydrogens is 234 g/mol. The van der Waals surface area contributed by atoms with Crippen molar-refractivity contribution in [2.45, 2.75) is 45.1 Å². The summed E-state index contributed by atoms with van der Waals surface area (Å²) >= 11 is 1.61. The third-order valence-corrected chi connectivity index (χ3v) is 4.50. The Morgan fingerprint density at radius 3 is 2.94 bits per heavy atom. The number of carbonyl (C=O) groups excluding carboxylic acids is 1. The zero-order chi connectivity index (χ0) is 12.3. The van der Waals surface area contributed by atoms with E-state index >= 15 is 0 Å². The quantitative estimate of drug-likeness (QED) is 0.863. The maximum atomic E-state index is 12.0. The van der Waals surface area contributed by atoms with Crippen molar-refractivity contribution in [3.8, 4) is 0 Å². The van der Waals surface area contributed by atoms with Gasteiger partial charge >= 0.3 is 0 Å². The van der Waals surface area contributed by atoms with Crippen LogP contribution in [0.2, 0.25) is 0 Å². The molecular formula is C13H19NO2S. The third kappa shape index (κ3) is 2.87. The molecule has 0 saturated carbocycles. The van der Waals surface area contributed by atoms with Crippen LogP contribution in [0, 0.1) is 0 Å². The minimum atomic E-state index is -0.123. The number of nitrogens with one attached hydrogen (secondary N) is 1. The molecule has 4 heteroatoms. The van der Waals surface area contributed by atoms with Crippen LogP contribution in [0.1, 0.15) is 46.3 Å². The molecule has 2 rings (SSSR count). The second-order valence-corrected chi connectivity index (χ2v) is 5.66. The Hall–Kier alpha value is -0.870. The standard InChI is InChI=1S/C13H19NO2S/c1-2-10(8-15)14-13(16)12-7-9-5-3-4-6-11(9)17-12/h7,10,15H,2-6,8H2,1H3,(H,14,16)/t10-/m1/s1. The summed E-state index contributed by atoms with van der Waals surface area (Å²) in [6.45, 7) is 1.97. The molecule has 3 nitrogen and oxygen atoms in total. The molecule has 2 N–H and O–H groups in total. The molecule has 1 aliphatic rings. The van der Waals surface area contributed by atoms with E-state index in [1.807, 2.05) is 13.0 Å². The van der Waals surface area contributed by atoms with Gasteiger partial charge in [-0.15, -0.1) is 11.3 Å². The smallest absolute Gasteiger partial charge is 0.261 e. The molecule has 0 unspecified atom stereocenters. The highest BCUT2D eigenvalue weighted by atomic mass is 32.1. The molecule has 1 aliphatic carbocycles. The number of aliphatic hydroxyl groups excluding tert-OH is 1. The number of rotatable bonds is 4. The topological polar surface area (TPSA) is 49.3 Å². The molecule has 0 fully saturated rings. The van der Waals surface area contributed by atoms with Crippen LogP contribution < -0.4 is 5.32 Å². The molecule has 94 valence electrons. The van der Waals surface area contributed by atoms with Crippen molar-refractivity contribution in [2.75, 3.05) is 6.61 Å². The highest BCUT2D eigenvalue weighted by Gasteiger charge is 2.18. The van der Waals surface area contributed by atoms with E-state index in [1.165, 1.54) is 23.3 Å². The van der Waals surface area contributed by atoms with Crippen molar-refractivity contribution >= 4 is 17.2 Å². The molecule has 1 heterocycles. The number of fused-ring (bicyclic) bond motifs is 1. The van der Waals surface area contributed by atoms with Crippen molar-refractivity contribution < 1.29 is 9.90 Å². The van der Waals surface area contributed by atoms with Crippen LogP contribution in [0.3, 0.4) is 0 Å². The Morgan fingerprint density at radius 2 is 2.29 bits per heavy atom. The minimum absolute atomic E-state index is 0.00727. The number of hydrogen-bond acceptors (Lipinski definition) is 3. The first kappa shape index (κ1) is 12.6. The molecule has 0 radical (unpaired) electrons. The first-order chi connectivity index (χ1) is 8.24. The SMILES string of the molecule is CC[C@H](CO)NC(=O)c1cc2c(s1)CCCC2. The summed E-state index contributed by atoms with van der Waals surface area (Å²) in [5.74, 6) is -0.0368. The molecule has 0 saturated heterocycles. The number of aryl methyl sites for hydroxylation is 2. The van der Waals surface area contributed by atoms with Gasteiger partial charge in [0.05, 0.1) is 17.5 Å². The lowest BCUT2D eigenvalue weighted by molar-refractivity contribution is 0.0919. The van der Waals surface area contributed by atoms with Crippen molar-refractivity contribution in [1.29, 1.82) is 0 Å². The summed E-state index contributed by atoms with van der Waals surface area (Å²) in [5.41, 5.74) is 1.35. The average Bonchev–Trinajstić information content (AvgIpc) is 2.79. The van der Waals surface area contributed by atoms with Gasteiger partial charge < -0.3 is 10.4 Å². The summed E-state index contributed by atoms with van der Waals surface area (Å²) in [4.78, 5) is 14.1. The zero-order valence-electron chi connectivity index (χ0n) is 10.2. The first-order valence-electron chi connectivity index (χ1n) is 6.28. The van der Waals surface area contributed by atoms with E-state index in [0.717, 1.165) is 24.1 Å². The number of aliphatic hydroxyl groups is 1. The van der Waals surface area contributed by atoms with Crippen molar-refractivity contribution in [2.24, 2.45) is 0 Å². The molecule has 1 amide bonds. The minimum Gasteiger partial charge on any atom is -0.394 e. The molecule has 1 aromatic heterocycles. The summed E-state index contributed by atoms with van der Waals surface area (Å²) in [6, 6.07) is 1.90. The van der Waals surface area contributed by atoms with Crippen LogP contribution in [0.25, 0.3) is 0 Å². The van der Waals surface area contributed by atoms with Gasteiger partial charge in [0.15, 0.2) is 0 Å². The molecule has 0 bridgehead atoms. The Morgan fingerprint density at radius 1 is 1.53 bits per heavy atom. The van der Waals surface area contributed by atoms with Crippen LogP contribution in [0.4, 0.5) is 0 Å². The van der Waals surface area contributed by atoms with E-state index in [9.17, 15) is 4.79 Å². The molecule has 17 heavy (non-hydrogen) atoms. The van der Waals surface area contributed by atoms with Gasteiger partial charge in [-0.2, -0.15) is 0 Å². The fourth-order valence-corrected chi connectivity index (χ4v) is 3.29. The summed E-state index contributed by atoms with van der Waals surface area (Å²) < 4.78 is 0. The van der Waals surface area contributed by atoms with Crippen molar-refractivity contribution in [3.05, 3.63) is 21.4 Å². The van der Waals surface area contributed by atoms with Gasteiger partial charge in [-0.3, -0.25) is 4.79 Å². The normalized spacial score (nSPS) is 16.4. The number of amides is 1. The predicted molar refractivity (Wildman–Crippen MR) is 69.6 cm³/mol. The summed E-state index contributed by atoms with van der Waals surface area (Å²) in [6.07, 6.45) is 5.45. The first-order valence-corrected chi connectivity index (χ1v) is 7.09. The Labute approximate surface area is 106 Å². The van der Waals surface area contributed by atoms with Crippen molar-refractivity contribution in [3.63, 3.8) is 0 Å². The number of hydrogen-bond donors (Lipinski definition) is 2. The van der Waals surface area contributed by atoms with E-state index in [2.05, 4.69) is 5.32 Å². The van der Waals surface area contributed by atoms with Gasteiger partial charge in [-0.05, 0) is 43.7 Å². The average molecular weight is 253 g/mol. The Kier molecular flexibility index (Phi) is 4.18. The zero-order valence-corrected chi connectivity index (χ0v) is 11.0. The van der Waals surface area contributed by atoms with Gasteiger partial charge in [-0.25, -0.2) is 0 Å². The van der Waals surface area contributed by atoms with Crippen molar-refractivity contribution in [1.82, 2.24) is 5.32 Å². The lowest BCUT2D eigenvalue weighted by Gasteiger charge is -2.12. The molecule has 0 spiro atoms. The van der Waals surface area contributed by atoms with E-state index in [4.69, 9.17) is 5.11 Å². The van der Waals surface area contributed by atoms with E-state index in [1.54, 1.807) is 11.3 Å². The van der Waals surface area contributed by atoms with E-state index in [-0.39, 0.29) is 18.6 Å². The van der Waals surface area contributed by atoms with E-state index < -0.39 is 0 Å². The number of thiophene rings is 1. The summed E-state index contributed by atoms with van der Waals surface area (Å²) in [5, 5.41) is 11.9. The van der Waals surface area contributed by atoms with Gasteiger partial charge in [-0.1, -0.05) is 6.92 Å². The fraction of sp³-hybridized carbons (Fsp3) is 0.615. The molecule has 1 atom stereocenters. The van der Waals surface area contributed by atoms with Gasteiger partial charge in [0.25, 0.3) is 5.91 Å². The van der Waals surface area contributed by atoms with Crippen LogP contribution in [0.5, 0.6) is 0 Å². The Balaban J connectivity index is 2.06.